The molecule has 194 valence electrons. The van der Waals surface area contributed by atoms with E-state index in [1.54, 1.807) is 31.2 Å². The van der Waals surface area contributed by atoms with Gasteiger partial charge in [0.1, 0.15) is 11.1 Å². The number of alkyl halides is 3. The SMILES string of the molecule is COc1cc(C(C)C(=O)NCc2cc(C(F)(F)F)nn2-c2cccc(Cl)c2)ccc1C(N)S(C)(=O)=O. The highest BCUT2D eigenvalue weighted by Crippen LogP contribution is 2.32. The minimum Gasteiger partial charge on any atom is -0.496 e. The van der Waals surface area contributed by atoms with Gasteiger partial charge in [-0.1, -0.05) is 29.8 Å². The van der Waals surface area contributed by atoms with Crippen LogP contribution in [-0.4, -0.2) is 37.5 Å². The van der Waals surface area contributed by atoms with Crippen LogP contribution in [0.1, 0.15) is 40.7 Å². The Morgan fingerprint density at radius 3 is 2.50 bits per heavy atom. The number of sulfone groups is 1. The highest BCUT2D eigenvalue weighted by molar-refractivity contribution is 7.90. The second kappa shape index (κ2) is 10.5. The zero-order chi connectivity index (χ0) is 26.8. The third kappa shape index (κ3) is 6.18. The smallest absolute Gasteiger partial charge is 0.435 e. The number of carbonyl (C=O) groups excluding carboxylic acids is 1. The summed E-state index contributed by atoms with van der Waals surface area (Å²) < 4.78 is 69.9. The number of benzene rings is 2. The van der Waals surface area contributed by atoms with Crippen molar-refractivity contribution in [2.75, 3.05) is 13.4 Å². The van der Waals surface area contributed by atoms with Gasteiger partial charge in [0.15, 0.2) is 15.5 Å². The monoisotopic (exact) mass is 544 g/mol. The molecule has 0 saturated carbocycles. The lowest BCUT2D eigenvalue weighted by Crippen LogP contribution is -2.28. The van der Waals surface area contributed by atoms with Gasteiger partial charge in [0, 0.05) is 16.8 Å². The number of halogens is 4. The lowest BCUT2D eigenvalue weighted by atomic mass is 9.98. The maximum Gasteiger partial charge on any atom is 0.435 e. The van der Waals surface area contributed by atoms with Gasteiger partial charge in [-0.25, -0.2) is 13.1 Å². The Hall–Kier alpha value is -3.09. The van der Waals surface area contributed by atoms with Crippen LogP contribution in [0.3, 0.4) is 0 Å². The molecular weight excluding hydrogens is 521 g/mol. The summed E-state index contributed by atoms with van der Waals surface area (Å²) in [5, 5.41) is 5.28. The molecule has 2 unspecified atom stereocenters. The first-order valence-corrected chi connectivity index (χ1v) is 12.9. The highest BCUT2D eigenvalue weighted by atomic mass is 35.5. The van der Waals surface area contributed by atoms with Crippen molar-refractivity contribution in [3.05, 3.63) is 76.1 Å². The van der Waals surface area contributed by atoms with E-state index in [0.717, 1.165) is 17.0 Å². The molecule has 36 heavy (non-hydrogen) atoms. The van der Waals surface area contributed by atoms with Crippen LogP contribution in [0.25, 0.3) is 5.69 Å². The van der Waals surface area contributed by atoms with Gasteiger partial charge in [-0.05, 0) is 42.8 Å². The molecule has 1 heterocycles. The molecular formula is C23H24ClF3N4O4S. The number of ether oxygens (including phenoxy) is 1. The van der Waals surface area contributed by atoms with Crippen molar-refractivity contribution in [1.82, 2.24) is 15.1 Å². The molecule has 0 fully saturated rings. The van der Waals surface area contributed by atoms with Gasteiger partial charge in [0.25, 0.3) is 0 Å². The van der Waals surface area contributed by atoms with Gasteiger partial charge in [0.2, 0.25) is 5.91 Å². The summed E-state index contributed by atoms with van der Waals surface area (Å²) in [6.07, 6.45) is -3.68. The Morgan fingerprint density at radius 2 is 1.92 bits per heavy atom. The van der Waals surface area contributed by atoms with Crippen molar-refractivity contribution in [3.8, 4) is 11.4 Å². The van der Waals surface area contributed by atoms with Crippen LogP contribution in [-0.2, 0) is 27.4 Å². The van der Waals surface area contributed by atoms with Gasteiger partial charge >= 0.3 is 6.18 Å². The van der Waals surface area contributed by atoms with E-state index >= 15 is 0 Å². The molecule has 8 nitrogen and oxygen atoms in total. The zero-order valence-corrected chi connectivity index (χ0v) is 21.1. The van der Waals surface area contributed by atoms with E-state index in [4.69, 9.17) is 22.1 Å². The van der Waals surface area contributed by atoms with Crippen molar-refractivity contribution < 1.29 is 31.1 Å². The summed E-state index contributed by atoms with van der Waals surface area (Å²) >= 11 is 5.98. The number of amides is 1. The maximum absolute atomic E-state index is 13.3. The number of nitrogens with two attached hydrogens (primary N) is 1. The molecule has 0 aliphatic heterocycles. The number of carbonyl (C=O) groups is 1. The molecule has 0 aliphatic rings. The van der Waals surface area contributed by atoms with Crippen molar-refractivity contribution >= 4 is 27.3 Å². The Kier molecular flexibility index (Phi) is 8.01. The van der Waals surface area contributed by atoms with Gasteiger partial charge < -0.3 is 15.8 Å². The summed E-state index contributed by atoms with van der Waals surface area (Å²) in [5.74, 6) is -1.03. The van der Waals surface area contributed by atoms with Crippen LogP contribution in [0.5, 0.6) is 5.75 Å². The number of rotatable bonds is 8. The number of nitrogens with one attached hydrogen (secondary N) is 1. The normalized spacial score (nSPS) is 13.8. The average Bonchev–Trinajstić information content (AvgIpc) is 3.25. The third-order valence-corrected chi connectivity index (χ3v) is 6.90. The van der Waals surface area contributed by atoms with Crippen molar-refractivity contribution in [1.29, 1.82) is 0 Å². The molecule has 13 heteroatoms. The molecule has 2 atom stereocenters. The van der Waals surface area contributed by atoms with Gasteiger partial charge in [-0.15, -0.1) is 0 Å². The molecule has 1 aromatic heterocycles. The number of nitrogens with zero attached hydrogens (tertiary/aromatic N) is 2. The van der Waals surface area contributed by atoms with Crippen LogP contribution in [0, 0.1) is 0 Å². The molecule has 1 amide bonds. The zero-order valence-electron chi connectivity index (χ0n) is 19.5. The molecule has 0 spiro atoms. The lowest BCUT2D eigenvalue weighted by molar-refractivity contribution is -0.141. The number of aromatic nitrogens is 2. The molecule has 2 aromatic carbocycles. The number of hydrogen-bond acceptors (Lipinski definition) is 6. The second-order valence-corrected chi connectivity index (χ2v) is 10.7. The Balaban J connectivity index is 1.84. The second-order valence-electron chi connectivity index (χ2n) is 8.10. The molecule has 0 saturated heterocycles. The maximum atomic E-state index is 13.3. The first-order valence-electron chi connectivity index (χ1n) is 10.5. The van der Waals surface area contributed by atoms with Crippen LogP contribution >= 0.6 is 11.6 Å². The number of hydrogen-bond donors (Lipinski definition) is 2. The van der Waals surface area contributed by atoms with E-state index < -0.39 is 38.9 Å². The fourth-order valence-corrected chi connectivity index (χ4v) is 4.30. The Morgan fingerprint density at radius 1 is 1.22 bits per heavy atom. The summed E-state index contributed by atoms with van der Waals surface area (Å²) in [6.45, 7) is 1.35. The summed E-state index contributed by atoms with van der Waals surface area (Å²) in [5.41, 5.74) is 5.83. The van der Waals surface area contributed by atoms with E-state index in [-0.39, 0.29) is 23.6 Å². The average molecular weight is 545 g/mol. The molecule has 3 aromatic rings. The molecule has 0 aliphatic carbocycles. The van der Waals surface area contributed by atoms with Crippen LogP contribution in [0.4, 0.5) is 13.2 Å². The van der Waals surface area contributed by atoms with Gasteiger partial charge in [-0.3, -0.25) is 4.79 Å². The van der Waals surface area contributed by atoms with E-state index in [0.29, 0.717) is 16.3 Å². The summed E-state index contributed by atoms with van der Waals surface area (Å²) in [6, 6.07) is 11.5. The quantitative estimate of drug-likeness (QED) is 0.443. The largest absolute Gasteiger partial charge is 0.496 e. The van der Waals surface area contributed by atoms with Crippen LogP contribution in [0.15, 0.2) is 48.5 Å². The first kappa shape index (κ1) is 27.5. The van der Waals surface area contributed by atoms with E-state index in [1.807, 2.05) is 0 Å². The van der Waals surface area contributed by atoms with Crippen molar-refractivity contribution in [3.63, 3.8) is 0 Å². The molecule has 0 bridgehead atoms. The number of methoxy groups -OCH3 is 1. The van der Waals surface area contributed by atoms with Crippen LogP contribution in [0.2, 0.25) is 5.02 Å². The molecule has 0 radical (unpaired) electrons. The standard InChI is InChI=1S/C23H24ClF3N4O4S/c1-13(14-7-8-18(19(9-14)35-2)21(28)36(3,33)34)22(32)29-12-17-11-20(23(25,26)27)30-31(17)16-6-4-5-15(24)10-16/h4-11,13,21H,12,28H2,1-3H3,(H,29,32). The minimum absolute atomic E-state index is 0.0946. The van der Waals surface area contributed by atoms with E-state index in [9.17, 15) is 26.4 Å². The highest BCUT2D eigenvalue weighted by Gasteiger charge is 2.35. The predicted molar refractivity (Wildman–Crippen MR) is 129 cm³/mol. The third-order valence-electron chi connectivity index (χ3n) is 5.49. The summed E-state index contributed by atoms with van der Waals surface area (Å²) in [7, 11) is -2.25. The fourth-order valence-electron chi connectivity index (χ4n) is 3.46. The Labute approximate surface area is 211 Å². The summed E-state index contributed by atoms with van der Waals surface area (Å²) in [4.78, 5) is 12.9. The van der Waals surface area contributed by atoms with E-state index in [1.165, 1.54) is 25.3 Å². The van der Waals surface area contributed by atoms with Crippen molar-refractivity contribution in [2.24, 2.45) is 5.73 Å². The minimum atomic E-state index is -4.68. The lowest BCUT2D eigenvalue weighted by Gasteiger charge is -2.18. The Bertz CT molecular complexity index is 1380. The topological polar surface area (TPSA) is 116 Å². The van der Waals surface area contributed by atoms with Crippen molar-refractivity contribution in [2.45, 2.75) is 30.9 Å². The van der Waals surface area contributed by atoms with Gasteiger partial charge in [0.05, 0.1) is 31.0 Å². The molecule has 3 N–H and O–H groups in total. The predicted octanol–water partition coefficient (Wildman–Crippen LogP) is 3.97. The van der Waals surface area contributed by atoms with Crippen LogP contribution < -0.4 is 15.8 Å². The molecule has 3 rings (SSSR count). The fraction of sp³-hybridized carbons (Fsp3) is 0.304. The first-order chi connectivity index (χ1) is 16.7. The van der Waals surface area contributed by atoms with E-state index in [2.05, 4.69) is 10.4 Å². The van der Waals surface area contributed by atoms with Gasteiger partial charge in [-0.2, -0.15) is 18.3 Å².